The number of anilines is 1. The Balaban J connectivity index is 2.06. The Hall–Kier alpha value is -1.36. The van der Waals surface area contributed by atoms with E-state index in [4.69, 9.17) is 9.47 Å². The van der Waals surface area contributed by atoms with Gasteiger partial charge in [0, 0.05) is 13.2 Å². The van der Waals surface area contributed by atoms with Crippen LogP contribution in [0.5, 0.6) is 5.88 Å². The maximum absolute atomic E-state index is 5.77. The van der Waals surface area contributed by atoms with Gasteiger partial charge in [-0.05, 0) is 33.6 Å². The van der Waals surface area contributed by atoms with Crippen molar-refractivity contribution in [3.05, 3.63) is 11.4 Å². The van der Waals surface area contributed by atoms with Crippen molar-refractivity contribution in [3.63, 3.8) is 0 Å². The SMILES string of the molecule is CCNc1nc(C)nc(OCC2CCCO2)c1C. The molecule has 2 heterocycles. The van der Waals surface area contributed by atoms with Crippen molar-refractivity contribution in [1.82, 2.24) is 9.97 Å². The molecule has 1 fully saturated rings. The number of nitrogens with one attached hydrogen (secondary N) is 1. The molecule has 5 nitrogen and oxygen atoms in total. The number of rotatable bonds is 5. The first-order valence-electron chi connectivity index (χ1n) is 6.54. The third-order valence-electron chi connectivity index (χ3n) is 2.99. The second kappa shape index (κ2) is 6.00. The molecule has 1 unspecified atom stereocenters. The Morgan fingerprint density at radius 2 is 2.22 bits per heavy atom. The van der Waals surface area contributed by atoms with Gasteiger partial charge < -0.3 is 14.8 Å². The predicted molar refractivity (Wildman–Crippen MR) is 70.1 cm³/mol. The molecule has 1 aliphatic rings. The first-order valence-corrected chi connectivity index (χ1v) is 6.54. The smallest absolute Gasteiger partial charge is 0.221 e. The summed E-state index contributed by atoms with van der Waals surface area (Å²) in [4.78, 5) is 8.72. The molecule has 0 amide bonds. The van der Waals surface area contributed by atoms with Crippen LogP contribution < -0.4 is 10.1 Å². The van der Waals surface area contributed by atoms with E-state index in [0.717, 1.165) is 43.2 Å². The molecule has 1 aromatic heterocycles. The normalized spacial score (nSPS) is 18.9. The van der Waals surface area contributed by atoms with Gasteiger partial charge in [0.15, 0.2) is 0 Å². The number of nitrogens with zero attached hydrogens (tertiary/aromatic N) is 2. The van der Waals surface area contributed by atoms with Crippen LogP contribution >= 0.6 is 0 Å². The number of hydrogen-bond acceptors (Lipinski definition) is 5. The number of aromatic nitrogens is 2. The highest BCUT2D eigenvalue weighted by molar-refractivity contribution is 5.48. The van der Waals surface area contributed by atoms with Crippen molar-refractivity contribution in [2.45, 2.75) is 39.7 Å². The second-order valence-electron chi connectivity index (χ2n) is 4.53. The van der Waals surface area contributed by atoms with Gasteiger partial charge in [-0.1, -0.05) is 0 Å². The Bertz CT molecular complexity index is 403. The molecule has 1 atom stereocenters. The Morgan fingerprint density at radius 3 is 2.89 bits per heavy atom. The van der Waals surface area contributed by atoms with Crippen LogP contribution in [0.1, 0.15) is 31.2 Å². The standard InChI is InChI=1S/C13H21N3O2/c1-4-14-12-9(2)13(16-10(3)15-12)18-8-11-6-5-7-17-11/h11H,4-8H2,1-3H3,(H,14,15,16). The highest BCUT2D eigenvalue weighted by Crippen LogP contribution is 2.23. The monoisotopic (exact) mass is 251 g/mol. The summed E-state index contributed by atoms with van der Waals surface area (Å²) in [5.41, 5.74) is 0.959. The van der Waals surface area contributed by atoms with Gasteiger partial charge in [-0.2, -0.15) is 4.98 Å². The van der Waals surface area contributed by atoms with Gasteiger partial charge in [0.05, 0.1) is 11.7 Å². The molecule has 1 saturated heterocycles. The molecule has 0 radical (unpaired) electrons. The molecule has 5 heteroatoms. The molecule has 0 aliphatic carbocycles. The third-order valence-corrected chi connectivity index (χ3v) is 2.99. The zero-order valence-corrected chi connectivity index (χ0v) is 11.3. The fraction of sp³-hybridized carbons (Fsp3) is 0.692. The van der Waals surface area contributed by atoms with E-state index in [0.29, 0.717) is 12.5 Å². The van der Waals surface area contributed by atoms with Gasteiger partial charge in [0.25, 0.3) is 0 Å². The van der Waals surface area contributed by atoms with Crippen LogP contribution in [0.3, 0.4) is 0 Å². The molecule has 0 aromatic carbocycles. The van der Waals surface area contributed by atoms with Gasteiger partial charge in [-0.3, -0.25) is 0 Å². The maximum Gasteiger partial charge on any atom is 0.221 e. The molecule has 2 rings (SSSR count). The van der Waals surface area contributed by atoms with E-state index in [9.17, 15) is 0 Å². The van der Waals surface area contributed by atoms with Crippen molar-refractivity contribution < 1.29 is 9.47 Å². The average molecular weight is 251 g/mol. The molecular weight excluding hydrogens is 230 g/mol. The van der Waals surface area contributed by atoms with Crippen LogP contribution in [-0.4, -0.2) is 35.8 Å². The summed E-state index contributed by atoms with van der Waals surface area (Å²) < 4.78 is 11.3. The van der Waals surface area contributed by atoms with E-state index < -0.39 is 0 Å². The highest BCUT2D eigenvalue weighted by atomic mass is 16.5. The van der Waals surface area contributed by atoms with Crippen LogP contribution in [-0.2, 0) is 4.74 Å². The summed E-state index contributed by atoms with van der Waals surface area (Å²) in [5, 5.41) is 3.22. The van der Waals surface area contributed by atoms with Crippen molar-refractivity contribution in [1.29, 1.82) is 0 Å². The van der Waals surface area contributed by atoms with Gasteiger partial charge in [0.1, 0.15) is 18.2 Å². The molecule has 0 spiro atoms. The number of ether oxygens (including phenoxy) is 2. The van der Waals surface area contributed by atoms with Gasteiger partial charge in [-0.15, -0.1) is 0 Å². The fourth-order valence-corrected chi connectivity index (χ4v) is 2.03. The molecule has 1 aromatic rings. The van der Waals surface area contributed by atoms with E-state index in [1.807, 2.05) is 20.8 Å². The third kappa shape index (κ3) is 3.10. The van der Waals surface area contributed by atoms with Crippen LogP contribution in [0.15, 0.2) is 0 Å². The van der Waals surface area contributed by atoms with E-state index in [-0.39, 0.29) is 6.10 Å². The molecule has 1 N–H and O–H groups in total. The summed E-state index contributed by atoms with van der Waals surface area (Å²) in [6.45, 7) is 8.15. The summed E-state index contributed by atoms with van der Waals surface area (Å²) in [6.07, 6.45) is 2.41. The zero-order chi connectivity index (χ0) is 13.0. The Kier molecular flexibility index (Phi) is 4.36. The first-order chi connectivity index (χ1) is 8.70. The van der Waals surface area contributed by atoms with Crippen LogP contribution in [0.4, 0.5) is 5.82 Å². The van der Waals surface area contributed by atoms with Gasteiger partial charge in [0.2, 0.25) is 5.88 Å². The summed E-state index contributed by atoms with van der Waals surface area (Å²) in [7, 11) is 0. The minimum Gasteiger partial charge on any atom is -0.475 e. The zero-order valence-electron chi connectivity index (χ0n) is 11.3. The van der Waals surface area contributed by atoms with E-state index in [1.54, 1.807) is 0 Å². The Labute approximate surface area is 108 Å². The van der Waals surface area contributed by atoms with E-state index in [1.165, 1.54) is 0 Å². The quantitative estimate of drug-likeness (QED) is 0.868. The summed E-state index contributed by atoms with van der Waals surface area (Å²) in [5.74, 6) is 2.24. The van der Waals surface area contributed by atoms with Crippen LogP contribution in [0.25, 0.3) is 0 Å². The molecular formula is C13H21N3O2. The van der Waals surface area contributed by atoms with E-state index in [2.05, 4.69) is 15.3 Å². The lowest BCUT2D eigenvalue weighted by atomic mass is 10.2. The van der Waals surface area contributed by atoms with Crippen LogP contribution in [0.2, 0.25) is 0 Å². The minimum absolute atomic E-state index is 0.210. The van der Waals surface area contributed by atoms with Crippen molar-refractivity contribution >= 4 is 5.82 Å². The minimum atomic E-state index is 0.210. The Morgan fingerprint density at radius 1 is 1.39 bits per heavy atom. The molecule has 0 bridgehead atoms. The van der Waals surface area contributed by atoms with Crippen molar-refractivity contribution in [2.24, 2.45) is 0 Å². The summed E-state index contributed by atoms with van der Waals surface area (Å²) in [6, 6.07) is 0. The fourth-order valence-electron chi connectivity index (χ4n) is 2.03. The van der Waals surface area contributed by atoms with Crippen LogP contribution in [0, 0.1) is 13.8 Å². The van der Waals surface area contributed by atoms with Gasteiger partial charge >= 0.3 is 0 Å². The van der Waals surface area contributed by atoms with E-state index >= 15 is 0 Å². The predicted octanol–water partition coefficient (Wildman–Crippen LogP) is 2.08. The molecule has 0 saturated carbocycles. The highest BCUT2D eigenvalue weighted by Gasteiger charge is 2.17. The topological polar surface area (TPSA) is 56.3 Å². The number of hydrogen-bond donors (Lipinski definition) is 1. The van der Waals surface area contributed by atoms with Crippen molar-refractivity contribution in [2.75, 3.05) is 25.1 Å². The average Bonchev–Trinajstić information content (AvgIpc) is 2.85. The van der Waals surface area contributed by atoms with Gasteiger partial charge in [-0.25, -0.2) is 4.98 Å². The largest absolute Gasteiger partial charge is 0.475 e. The van der Waals surface area contributed by atoms with Crippen molar-refractivity contribution in [3.8, 4) is 5.88 Å². The maximum atomic E-state index is 5.77. The first kappa shape index (κ1) is 13.1. The second-order valence-corrected chi connectivity index (χ2v) is 4.53. The molecule has 100 valence electrons. The lowest BCUT2D eigenvalue weighted by Crippen LogP contribution is -2.18. The lowest BCUT2D eigenvalue weighted by Gasteiger charge is -2.15. The number of aryl methyl sites for hydroxylation is 1. The lowest BCUT2D eigenvalue weighted by molar-refractivity contribution is 0.0660. The molecule has 1 aliphatic heterocycles. The molecule has 18 heavy (non-hydrogen) atoms. The summed E-state index contributed by atoms with van der Waals surface area (Å²) >= 11 is 0.